The van der Waals surface area contributed by atoms with Gasteiger partial charge < -0.3 is 4.57 Å². The molecule has 3 aromatic rings. The van der Waals surface area contributed by atoms with E-state index in [9.17, 15) is 0 Å². The summed E-state index contributed by atoms with van der Waals surface area (Å²) in [6.45, 7) is 7.68. The molecule has 1 aromatic carbocycles. The first-order valence-electron chi connectivity index (χ1n) is 7.15. The average molecular weight is 264 g/mol. The monoisotopic (exact) mass is 264 g/mol. The largest absolute Gasteiger partial charge is 0.340 e. The van der Waals surface area contributed by atoms with Gasteiger partial charge in [0.25, 0.3) is 0 Å². The summed E-state index contributed by atoms with van der Waals surface area (Å²) in [5.74, 6) is 0.540. The number of fused-ring (bicyclic) bond motifs is 1. The Bertz CT molecular complexity index is 724. The van der Waals surface area contributed by atoms with Crippen LogP contribution in [0, 0.1) is 6.92 Å². The molecule has 2 nitrogen and oxygen atoms in total. The van der Waals surface area contributed by atoms with Crippen LogP contribution in [0.5, 0.6) is 0 Å². The van der Waals surface area contributed by atoms with E-state index in [-0.39, 0.29) is 0 Å². The fourth-order valence-electron chi connectivity index (χ4n) is 3.06. The van der Waals surface area contributed by atoms with Crippen LogP contribution in [0.1, 0.15) is 36.6 Å². The molecule has 0 fully saturated rings. The van der Waals surface area contributed by atoms with Gasteiger partial charge in [-0.1, -0.05) is 32.0 Å². The zero-order chi connectivity index (χ0) is 14.1. The van der Waals surface area contributed by atoms with Crippen molar-refractivity contribution in [2.24, 2.45) is 0 Å². The van der Waals surface area contributed by atoms with Gasteiger partial charge >= 0.3 is 0 Å². The van der Waals surface area contributed by atoms with E-state index in [0.29, 0.717) is 5.92 Å². The third-order valence-corrected chi connectivity index (χ3v) is 3.95. The molecule has 2 aromatic heterocycles. The first kappa shape index (κ1) is 12.9. The number of benzene rings is 1. The molecule has 0 radical (unpaired) electrons. The van der Waals surface area contributed by atoms with Gasteiger partial charge in [0, 0.05) is 35.5 Å². The highest BCUT2D eigenvalue weighted by Crippen LogP contribution is 2.31. The summed E-state index contributed by atoms with van der Waals surface area (Å²) < 4.78 is 2.42. The van der Waals surface area contributed by atoms with Crippen LogP contribution in [0.2, 0.25) is 0 Å². The maximum atomic E-state index is 4.10. The molecule has 2 heterocycles. The number of hydrogen-bond acceptors (Lipinski definition) is 1. The topological polar surface area (TPSA) is 17.8 Å². The summed E-state index contributed by atoms with van der Waals surface area (Å²) in [6.07, 6.45) is 3.72. The predicted molar refractivity (Wildman–Crippen MR) is 84.1 cm³/mol. The van der Waals surface area contributed by atoms with Crippen molar-refractivity contribution < 1.29 is 0 Å². The fraction of sp³-hybridized carbons (Fsp3) is 0.278. The predicted octanol–water partition coefficient (Wildman–Crippen LogP) is 4.52. The summed E-state index contributed by atoms with van der Waals surface area (Å²) in [4.78, 5) is 4.10. The SMILES string of the molecule is Cc1c(C(C)C)c2ccccc2n1Cc1ccncc1. The van der Waals surface area contributed by atoms with Crippen LogP contribution in [-0.4, -0.2) is 9.55 Å². The van der Waals surface area contributed by atoms with Gasteiger partial charge in [0.15, 0.2) is 0 Å². The summed E-state index contributed by atoms with van der Waals surface area (Å²) in [7, 11) is 0. The number of nitrogens with zero attached hydrogens (tertiary/aromatic N) is 2. The molecule has 0 saturated heterocycles. The normalized spacial score (nSPS) is 11.4. The molecule has 0 saturated carbocycles. The number of rotatable bonds is 3. The van der Waals surface area contributed by atoms with Gasteiger partial charge in [-0.05, 0) is 42.2 Å². The highest BCUT2D eigenvalue weighted by atomic mass is 15.0. The molecule has 20 heavy (non-hydrogen) atoms. The molecule has 0 N–H and O–H groups in total. The lowest BCUT2D eigenvalue weighted by Gasteiger charge is -2.10. The van der Waals surface area contributed by atoms with Crippen LogP contribution in [0.25, 0.3) is 10.9 Å². The Morgan fingerprint density at radius 1 is 1.05 bits per heavy atom. The van der Waals surface area contributed by atoms with Crippen molar-refractivity contribution in [1.82, 2.24) is 9.55 Å². The Morgan fingerprint density at radius 2 is 1.75 bits per heavy atom. The lowest BCUT2D eigenvalue weighted by atomic mass is 10.00. The molecule has 0 aliphatic heterocycles. The molecule has 0 aliphatic rings. The van der Waals surface area contributed by atoms with Gasteiger partial charge in [0.05, 0.1) is 0 Å². The smallest absolute Gasteiger partial charge is 0.0488 e. The van der Waals surface area contributed by atoms with Gasteiger partial charge in [-0.2, -0.15) is 0 Å². The van der Waals surface area contributed by atoms with Crippen molar-refractivity contribution in [3.63, 3.8) is 0 Å². The maximum Gasteiger partial charge on any atom is 0.0488 e. The second-order valence-corrected chi connectivity index (χ2v) is 5.61. The Hall–Kier alpha value is -2.09. The van der Waals surface area contributed by atoms with Crippen LogP contribution in [0.15, 0.2) is 48.8 Å². The van der Waals surface area contributed by atoms with E-state index < -0.39 is 0 Å². The maximum absolute atomic E-state index is 4.10. The molecule has 2 heteroatoms. The van der Waals surface area contributed by atoms with E-state index in [1.165, 1.54) is 27.7 Å². The number of aromatic nitrogens is 2. The lowest BCUT2D eigenvalue weighted by molar-refractivity contribution is 0.774. The second kappa shape index (κ2) is 5.12. The minimum atomic E-state index is 0.540. The van der Waals surface area contributed by atoms with E-state index in [1.807, 2.05) is 12.4 Å². The van der Waals surface area contributed by atoms with Crippen molar-refractivity contribution in [3.05, 3.63) is 65.6 Å². The molecule has 102 valence electrons. The first-order valence-corrected chi connectivity index (χ1v) is 7.15. The quantitative estimate of drug-likeness (QED) is 0.680. The van der Waals surface area contributed by atoms with Crippen molar-refractivity contribution in [2.75, 3.05) is 0 Å². The zero-order valence-electron chi connectivity index (χ0n) is 12.3. The number of para-hydroxylation sites is 1. The molecule has 0 bridgehead atoms. The average Bonchev–Trinajstić information content (AvgIpc) is 2.73. The van der Waals surface area contributed by atoms with E-state index >= 15 is 0 Å². The Balaban J connectivity index is 2.18. The molecule has 0 aliphatic carbocycles. The molecular formula is C18H20N2. The van der Waals surface area contributed by atoms with Crippen LogP contribution in [-0.2, 0) is 6.54 Å². The second-order valence-electron chi connectivity index (χ2n) is 5.61. The summed E-state index contributed by atoms with van der Waals surface area (Å²) in [6, 6.07) is 12.9. The van der Waals surface area contributed by atoms with Gasteiger partial charge in [0.2, 0.25) is 0 Å². The van der Waals surface area contributed by atoms with Gasteiger partial charge in [-0.15, -0.1) is 0 Å². The summed E-state index contributed by atoms with van der Waals surface area (Å²) in [5, 5.41) is 1.38. The van der Waals surface area contributed by atoms with Crippen LogP contribution in [0.4, 0.5) is 0 Å². The summed E-state index contributed by atoms with van der Waals surface area (Å²) >= 11 is 0. The van der Waals surface area contributed by atoms with E-state index in [1.54, 1.807) is 0 Å². The Morgan fingerprint density at radius 3 is 2.45 bits per heavy atom. The molecule has 0 spiro atoms. The third kappa shape index (κ3) is 2.11. The van der Waals surface area contributed by atoms with Gasteiger partial charge in [-0.25, -0.2) is 0 Å². The third-order valence-electron chi connectivity index (χ3n) is 3.95. The van der Waals surface area contributed by atoms with E-state index in [0.717, 1.165) is 6.54 Å². The summed E-state index contributed by atoms with van der Waals surface area (Å²) in [5.41, 5.74) is 5.46. The zero-order valence-corrected chi connectivity index (χ0v) is 12.3. The molecular weight excluding hydrogens is 244 g/mol. The van der Waals surface area contributed by atoms with Crippen LogP contribution < -0.4 is 0 Å². The Labute approximate surface area is 120 Å². The van der Waals surface area contributed by atoms with Gasteiger partial charge in [0.1, 0.15) is 0 Å². The number of pyridine rings is 1. The number of hydrogen-bond donors (Lipinski definition) is 0. The highest BCUT2D eigenvalue weighted by molar-refractivity contribution is 5.86. The highest BCUT2D eigenvalue weighted by Gasteiger charge is 2.15. The standard InChI is InChI=1S/C18H20N2/c1-13(2)18-14(3)20(12-15-8-10-19-11-9-15)17-7-5-4-6-16(17)18/h4-11,13H,12H2,1-3H3. The minimum absolute atomic E-state index is 0.540. The molecule has 0 amide bonds. The minimum Gasteiger partial charge on any atom is -0.340 e. The Kier molecular flexibility index (Phi) is 3.31. The van der Waals surface area contributed by atoms with Crippen molar-refractivity contribution >= 4 is 10.9 Å². The first-order chi connectivity index (χ1) is 9.68. The van der Waals surface area contributed by atoms with Gasteiger partial charge in [-0.3, -0.25) is 4.98 Å². The molecule has 0 unspecified atom stereocenters. The fourth-order valence-corrected chi connectivity index (χ4v) is 3.06. The molecule has 3 rings (SSSR count). The van der Waals surface area contributed by atoms with Crippen molar-refractivity contribution in [1.29, 1.82) is 0 Å². The lowest BCUT2D eigenvalue weighted by Crippen LogP contribution is -2.02. The van der Waals surface area contributed by atoms with Crippen molar-refractivity contribution in [3.8, 4) is 0 Å². The van der Waals surface area contributed by atoms with E-state index in [2.05, 4.69) is 66.7 Å². The van der Waals surface area contributed by atoms with Crippen molar-refractivity contribution in [2.45, 2.75) is 33.2 Å². The van der Waals surface area contributed by atoms with Crippen LogP contribution >= 0.6 is 0 Å². The molecule has 0 atom stereocenters. The van der Waals surface area contributed by atoms with Crippen LogP contribution in [0.3, 0.4) is 0 Å². The van der Waals surface area contributed by atoms with E-state index in [4.69, 9.17) is 0 Å².